The molecule has 0 amide bonds. The summed E-state index contributed by atoms with van der Waals surface area (Å²) >= 11 is 6.49. The summed E-state index contributed by atoms with van der Waals surface area (Å²) in [5.74, 6) is 0. The number of hydrogen-bond donors (Lipinski definition) is 1. The lowest BCUT2D eigenvalue weighted by Crippen LogP contribution is -2.31. The van der Waals surface area contributed by atoms with Gasteiger partial charge < -0.3 is 10.0 Å². The summed E-state index contributed by atoms with van der Waals surface area (Å²) in [5.41, 5.74) is 0.877. The van der Waals surface area contributed by atoms with E-state index >= 15 is 0 Å². The Hall–Kier alpha value is -1.09. The van der Waals surface area contributed by atoms with Crippen LogP contribution in [0, 0.1) is 0 Å². The SMILES string of the molecule is CCCCCCN(CCCCCC)C[C@@H](O)c1c(Cl)ccc2ccccc12. The Kier molecular flexibility index (Phi) is 10.2. The zero-order valence-corrected chi connectivity index (χ0v) is 17.8. The summed E-state index contributed by atoms with van der Waals surface area (Å²) in [6, 6.07) is 12.1. The van der Waals surface area contributed by atoms with Gasteiger partial charge in [-0.25, -0.2) is 0 Å². The summed E-state index contributed by atoms with van der Waals surface area (Å²) in [5, 5.41) is 13.9. The van der Waals surface area contributed by atoms with Gasteiger partial charge in [0.25, 0.3) is 0 Å². The van der Waals surface area contributed by atoms with Crippen LogP contribution in [-0.2, 0) is 0 Å². The zero-order chi connectivity index (χ0) is 19.5. The molecule has 2 nitrogen and oxygen atoms in total. The normalized spacial score (nSPS) is 12.8. The van der Waals surface area contributed by atoms with E-state index in [1.54, 1.807) is 0 Å². The molecule has 27 heavy (non-hydrogen) atoms. The first-order chi connectivity index (χ1) is 13.2. The molecule has 0 saturated heterocycles. The van der Waals surface area contributed by atoms with Gasteiger partial charge >= 0.3 is 0 Å². The van der Waals surface area contributed by atoms with E-state index in [2.05, 4.69) is 30.9 Å². The minimum absolute atomic E-state index is 0.555. The highest BCUT2D eigenvalue weighted by Gasteiger charge is 2.18. The number of unbranched alkanes of at least 4 members (excludes halogenated alkanes) is 6. The predicted octanol–water partition coefficient (Wildman–Crippen LogP) is 6.99. The minimum atomic E-state index is -0.555. The van der Waals surface area contributed by atoms with E-state index in [0.29, 0.717) is 11.6 Å². The highest BCUT2D eigenvalue weighted by Crippen LogP contribution is 2.31. The molecular formula is C24H36ClNO. The number of aliphatic hydroxyl groups is 1. The zero-order valence-electron chi connectivity index (χ0n) is 17.1. The van der Waals surface area contributed by atoms with Crippen LogP contribution in [0.2, 0.25) is 5.02 Å². The standard InChI is InChI=1S/C24H36ClNO/c1-3-5-7-11-17-26(18-12-8-6-4-2)19-23(27)24-21-14-10-9-13-20(21)15-16-22(24)25/h9-10,13-16,23,27H,3-8,11-12,17-19H2,1-2H3/t23-/m1/s1. The molecular weight excluding hydrogens is 354 g/mol. The van der Waals surface area contributed by atoms with Gasteiger partial charge in [0.15, 0.2) is 0 Å². The molecule has 0 aliphatic rings. The van der Waals surface area contributed by atoms with Crippen molar-refractivity contribution in [3.8, 4) is 0 Å². The van der Waals surface area contributed by atoms with E-state index in [4.69, 9.17) is 11.6 Å². The Morgan fingerprint density at radius 1 is 0.852 bits per heavy atom. The van der Waals surface area contributed by atoms with Crippen LogP contribution in [0.4, 0.5) is 0 Å². The summed E-state index contributed by atoms with van der Waals surface area (Å²) < 4.78 is 0. The highest BCUT2D eigenvalue weighted by atomic mass is 35.5. The van der Waals surface area contributed by atoms with E-state index in [0.717, 1.165) is 29.4 Å². The van der Waals surface area contributed by atoms with Gasteiger partial charge in [0.05, 0.1) is 6.10 Å². The quantitative estimate of drug-likeness (QED) is 0.373. The molecule has 0 heterocycles. The molecule has 1 atom stereocenters. The van der Waals surface area contributed by atoms with Crippen molar-refractivity contribution in [2.45, 2.75) is 71.3 Å². The Morgan fingerprint density at radius 3 is 2.11 bits per heavy atom. The van der Waals surface area contributed by atoms with E-state index in [9.17, 15) is 5.11 Å². The van der Waals surface area contributed by atoms with Crippen molar-refractivity contribution in [3.05, 3.63) is 47.0 Å². The third-order valence-corrected chi connectivity index (χ3v) is 5.67. The van der Waals surface area contributed by atoms with Crippen LogP contribution < -0.4 is 0 Å². The van der Waals surface area contributed by atoms with Crippen molar-refractivity contribution < 1.29 is 5.11 Å². The second-order valence-electron chi connectivity index (χ2n) is 7.62. The van der Waals surface area contributed by atoms with Gasteiger partial charge in [-0.05, 0) is 42.8 Å². The minimum Gasteiger partial charge on any atom is -0.387 e. The third kappa shape index (κ3) is 7.10. The molecule has 2 rings (SSSR count). The number of nitrogens with zero attached hydrogens (tertiary/aromatic N) is 1. The number of fused-ring (bicyclic) bond motifs is 1. The molecule has 0 aromatic heterocycles. The first-order valence-corrected chi connectivity index (χ1v) is 11.1. The van der Waals surface area contributed by atoms with Crippen molar-refractivity contribution in [1.29, 1.82) is 0 Å². The van der Waals surface area contributed by atoms with Crippen molar-refractivity contribution in [2.75, 3.05) is 19.6 Å². The van der Waals surface area contributed by atoms with Crippen LogP contribution in [0.15, 0.2) is 36.4 Å². The lowest BCUT2D eigenvalue weighted by atomic mass is 9.99. The first kappa shape index (κ1) is 22.2. The Morgan fingerprint density at radius 2 is 1.48 bits per heavy atom. The molecule has 3 heteroatoms. The summed E-state index contributed by atoms with van der Waals surface area (Å²) in [6.07, 6.45) is 9.49. The summed E-state index contributed by atoms with van der Waals surface area (Å²) in [7, 11) is 0. The van der Waals surface area contributed by atoms with Gasteiger partial charge in [0, 0.05) is 17.1 Å². The monoisotopic (exact) mass is 389 g/mol. The molecule has 150 valence electrons. The van der Waals surface area contributed by atoms with Crippen molar-refractivity contribution in [1.82, 2.24) is 4.90 Å². The average Bonchev–Trinajstić information content (AvgIpc) is 2.68. The first-order valence-electron chi connectivity index (χ1n) is 10.7. The van der Waals surface area contributed by atoms with E-state index in [1.807, 2.05) is 24.3 Å². The van der Waals surface area contributed by atoms with Crippen LogP contribution in [-0.4, -0.2) is 29.6 Å². The van der Waals surface area contributed by atoms with Crippen molar-refractivity contribution in [3.63, 3.8) is 0 Å². The smallest absolute Gasteiger partial charge is 0.0937 e. The maximum Gasteiger partial charge on any atom is 0.0937 e. The molecule has 0 saturated carbocycles. The Balaban J connectivity index is 2.06. The molecule has 0 unspecified atom stereocenters. The fourth-order valence-electron chi connectivity index (χ4n) is 3.76. The number of rotatable bonds is 13. The Bertz CT molecular complexity index is 660. The summed E-state index contributed by atoms with van der Waals surface area (Å²) in [4.78, 5) is 2.44. The largest absolute Gasteiger partial charge is 0.387 e. The Labute approximate surface area is 170 Å². The fraction of sp³-hybridized carbons (Fsp3) is 0.583. The second kappa shape index (κ2) is 12.4. The van der Waals surface area contributed by atoms with Crippen LogP contribution >= 0.6 is 11.6 Å². The van der Waals surface area contributed by atoms with Crippen LogP contribution in [0.5, 0.6) is 0 Å². The second-order valence-corrected chi connectivity index (χ2v) is 8.03. The third-order valence-electron chi connectivity index (χ3n) is 5.34. The topological polar surface area (TPSA) is 23.5 Å². The molecule has 2 aromatic rings. The molecule has 0 bridgehead atoms. The number of benzene rings is 2. The van der Waals surface area contributed by atoms with Gasteiger partial charge in [0.2, 0.25) is 0 Å². The van der Waals surface area contributed by atoms with Crippen LogP contribution in [0.25, 0.3) is 10.8 Å². The van der Waals surface area contributed by atoms with Gasteiger partial charge in [-0.2, -0.15) is 0 Å². The van der Waals surface area contributed by atoms with Crippen LogP contribution in [0.3, 0.4) is 0 Å². The maximum atomic E-state index is 11.0. The number of aliphatic hydroxyl groups excluding tert-OH is 1. The molecule has 0 radical (unpaired) electrons. The van der Waals surface area contributed by atoms with Crippen LogP contribution in [0.1, 0.15) is 76.9 Å². The van der Waals surface area contributed by atoms with Gasteiger partial charge in [-0.15, -0.1) is 0 Å². The predicted molar refractivity (Wildman–Crippen MR) is 119 cm³/mol. The lowest BCUT2D eigenvalue weighted by Gasteiger charge is -2.26. The van der Waals surface area contributed by atoms with E-state index in [-0.39, 0.29) is 0 Å². The molecule has 0 fully saturated rings. The van der Waals surface area contributed by atoms with Crippen molar-refractivity contribution in [2.24, 2.45) is 0 Å². The van der Waals surface area contributed by atoms with Crippen molar-refractivity contribution >= 4 is 22.4 Å². The average molecular weight is 390 g/mol. The highest BCUT2D eigenvalue weighted by molar-refractivity contribution is 6.32. The van der Waals surface area contributed by atoms with E-state index < -0.39 is 6.10 Å². The molecule has 1 N–H and O–H groups in total. The number of halogens is 1. The summed E-state index contributed by atoms with van der Waals surface area (Å²) in [6.45, 7) is 7.27. The van der Waals surface area contributed by atoms with Gasteiger partial charge in [-0.3, -0.25) is 0 Å². The number of hydrogen-bond acceptors (Lipinski definition) is 2. The fourth-order valence-corrected chi connectivity index (χ4v) is 4.05. The molecule has 0 spiro atoms. The van der Waals surface area contributed by atoms with E-state index in [1.165, 1.54) is 51.4 Å². The molecule has 0 aliphatic carbocycles. The molecule has 0 aliphatic heterocycles. The lowest BCUT2D eigenvalue weighted by molar-refractivity contribution is 0.111. The maximum absolute atomic E-state index is 11.0. The molecule has 2 aromatic carbocycles. The van der Waals surface area contributed by atoms with Gasteiger partial charge in [-0.1, -0.05) is 94.3 Å². The van der Waals surface area contributed by atoms with Gasteiger partial charge in [0.1, 0.15) is 0 Å².